The van der Waals surface area contributed by atoms with Crippen molar-refractivity contribution >= 4 is 35.2 Å². The zero-order chi connectivity index (χ0) is 15.7. The highest BCUT2D eigenvalue weighted by atomic mass is 35.5. The van der Waals surface area contributed by atoms with Gasteiger partial charge in [0.15, 0.2) is 11.6 Å². The maximum atomic E-state index is 13.3. The van der Waals surface area contributed by atoms with E-state index in [2.05, 4.69) is 0 Å². The summed E-state index contributed by atoms with van der Waals surface area (Å²) in [5.41, 5.74) is -0.234. The average molecular weight is 336 g/mol. The number of nitrogens with zero attached hydrogens (tertiary/aromatic N) is 1. The third-order valence-electron chi connectivity index (χ3n) is 3.20. The van der Waals surface area contributed by atoms with Crippen molar-refractivity contribution in [2.45, 2.75) is 24.8 Å². The zero-order valence-corrected chi connectivity index (χ0v) is 12.5. The highest BCUT2D eigenvalue weighted by Gasteiger charge is 2.41. The molecule has 2 unspecified atom stereocenters. The van der Waals surface area contributed by atoms with Gasteiger partial charge in [0.1, 0.15) is 6.04 Å². The Morgan fingerprint density at radius 3 is 2.62 bits per heavy atom. The molecule has 0 radical (unpaired) electrons. The minimum Gasteiger partial charge on any atom is -0.480 e. The molecule has 1 aliphatic heterocycles. The van der Waals surface area contributed by atoms with Crippen molar-refractivity contribution in [2.75, 3.05) is 5.75 Å². The molecule has 2 atom stereocenters. The van der Waals surface area contributed by atoms with Crippen LogP contribution in [0, 0.1) is 11.6 Å². The number of aliphatic carboxylic acids is 1. The normalized spacial score (nSPS) is 21.6. The number of halogens is 3. The number of carboxylic acid groups (broad SMARTS) is 1. The van der Waals surface area contributed by atoms with Crippen molar-refractivity contribution in [3.05, 3.63) is 34.4 Å². The summed E-state index contributed by atoms with van der Waals surface area (Å²) in [4.78, 5) is 24.9. The number of thioether (sulfide) groups is 1. The van der Waals surface area contributed by atoms with E-state index in [1.807, 2.05) is 6.92 Å². The van der Waals surface area contributed by atoms with Crippen molar-refractivity contribution in [1.29, 1.82) is 0 Å². The van der Waals surface area contributed by atoms with Crippen LogP contribution in [0.1, 0.15) is 23.7 Å². The van der Waals surface area contributed by atoms with Gasteiger partial charge in [-0.1, -0.05) is 18.5 Å². The Bertz CT molecular complexity index is 599. The molecule has 1 amide bonds. The van der Waals surface area contributed by atoms with Gasteiger partial charge in [0, 0.05) is 5.75 Å². The first kappa shape index (κ1) is 16.0. The summed E-state index contributed by atoms with van der Waals surface area (Å²) < 4.78 is 26.4. The van der Waals surface area contributed by atoms with Crippen LogP contribution in [-0.4, -0.2) is 39.1 Å². The molecular formula is C13H12ClF2NO3S. The zero-order valence-electron chi connectivity index (χ0n) is 11.0. The van der Waals surface area contributed by atoms with E-state index in [9.17, 15) is 23.5 Å². The largest absolute Gasteiger partial charge is 0.480 e. The average Bonchev–Trinajstić information content (AvgIpc) is 2.86. The molecule has 1 saturated heterocycles. The van der Waals surface area contributed by atoms with Crippen molar-refractivity contribution in [3.63, 3.8) is 0 Å². The van der Waals surface area contributed by atoms with Gasteiger partial charge in [0.2, 0.25) is 0 Å². The summed E-state index contributed by atoms with van der Waals surface area (Å²) in [6.45, 7) is 1.81. The Hall–Kier alpha value is -1.34. The van der Waals surface area contributed by atoms with Gasteiger partial charge in [0.05, 0.1) is 16.0 Å². The Morgan fingerprint density at radius 2 is 2.05 bits per heavy atom. The number of amides is 1. The lowest BCUT2D eigenvalue weighted by Gasteiger charge is -2.27. The minimum atomic E-state index is -1.20. The van der Waals surface area contributed by atoms with Crippen LogP contribution in [0.3, 0.4) is 0 Å². The Morgan fingerprint density at radius 1 is 1.43 bits per heavy atom. The van der Waals surface area contributed by atoms with E-state index in [0.717, 1.165) is 0 Å². The van der Waals surface area contributed by atoms with Gasteiger partial charge in [-0.25, -0.2) is 13.6 Å². The molecule has 0 aliphatic carbocycles. The first-order valence-electron chi connectivity index (χ1n) is 6.18. The molecule has 0 bridgehead atoms. The second-order valence-electron chi connectivity index (χ2n) is 4.51. The molecule has 1 aromatic carbocycles. The van der Waals surface area contributed by atoms with E-state index in [4.69, 9.17) is 11.6 Å². The first-order chi connectivity index (χ1) is 9.86. The van der Waals surface area contributed by atoms with Gasteiger partial charge >= 0.3 is 5.97 Å². The molecule has 8 heteroatoms. The summed E-state index contributed by atoms with van der Waals surface area (Å²) in [6.07, 6.45) is 0.543. The molecule has 4 nitrogen and oxygen atoms in total. The molecule has 2 rings (SSSR count). The molecule has 114 valence electrons. The maximum absolute atomic E-state index is 13.3. The van der Waals surface area contributed by atoms with Gasteiger partial charge in [-0.15, -0.1) is 11.8 Å². The minimum absolute atomic E-state index is 0.234. The fourth-order valence-corrected chi connectivity index (χ4v) is 3.74. The topological polar surface area (TPSA) is 57.6 Å². The smallest absolute Gasteiger partial charge is 0.327 e. The third kappa shape index (κ3) is 2.98. The Balaban J connectivity index is 2.41. The van der Waals surface area contributed by atoms with Crippen LogP contribution in [0.2, 0.25) is 5.02 Å². The summed E-state index contributed by atoms with van der Waals surface area (Å²) in [5.74, 6) is -3.95. The Kier molecular flexibility index (Phi) is 4.73. The van der Waals surface area contributed by atoms with Crippen LogP contribution in [0.5, 0.6) is 0 Å². The van der Waals surface area contributed by atoms with Crippen molar-refractivity contribution in [3.8, 4) is 0 Å². The second kappa shape index (κ2) is 6.19. The van der Waals surface area contributed by atoms with Gasteiger partial charge < -0.3 is 10.0 Å². The maximum Gasteiger partial charge on any atom is 0.327 e. The monoisotopic (exact) mass is 335 g/mol. The molecule has 0 aromatic heterocycles. The molecule has 1 aliphatic rings. The highest BCUT2D eigenvalue weighted by Crippen LogP contribution is 2.34. The van der Waals surface area contributed by atoms with E-state index in [1.165, 1.54) is 16.7 Å². The fourth-order valence-electron chi connectivity index (χ4n) is 2.17. The number of carboxylic acids is 1. The Labute approximate surface area is 129 Å². The molecule has 21 heavy (non-hydrogen) atoms. The second-order valence-corrected chi connectivity index (χ2v) is 6.13. The molecule has 0 spiro atoms. The van der Waals surface area contributed by atoms with Gasteiger partial charge in [-0.3, -0.25) is 4.79 Å². The van der Waals surface area contributed by atoms with Crippen LogP contribution in [0.15, 0.2) is 12.1 Å². The quantitative estimate of drug-likeness (QED) is 0.863. The van der Waals surface area contributed by atoms with Gasteiger partial charge in [-0.2, -0.15) is 0 Å². The van der Waals surface area contributed by atoms with Crippen LogP contribution >= 0.6 is 23.4 Å². The van der Waals surface area contributed by atoms with Crippen LogP contribution in [0.4, 0.5) is 8.78 Å². The SMILES string of the molecule is CCC1SCC(C(=O)O)N1C(=O)c1cc(F)c(F)cc1Cl. The fraction of sp³-hybridized carbons (Fsp3) is 0.385. The van der Waals surface area contributed by atoms with E-state index in [1.54, 1.807) is 0 Å². The third-order valence-corrected chi connectivity index (χ3v) is 4.97. The van der Waals surface area contributed by atoms with E-state index < -0.39 is 29.6 Å². The summed E-state index contributed by atoms with van der Waals surface area (Å²) >= 11 is 7.12. The lowest BCUT2D eigenvalue weighted by Crippen LogP contribution is -2.45. The van der Waals surface area contributed by atoms with Crippen molar-refractivity contribution in [2.24, 2.45) is 0 Å². The number of carbonyl (C=O) groups excluding carboxylic acids is 1. The van der Waals surface area contributed by atoms with E-state index in [-0.39, 0.29) is 21.7 Å². The van der Waals surface area contributed by atoms with E-state index in [0.29, 0.717) is 18.6 Å². The van der Waals surface area contributed by atoms with Crippen LogP contribution in [-0.2, 0) is 4.79 Å². The molecule has 1 N–H and O–H groups in total. The predicted molar refractivity (Wildman–Crippen MR) is 75.5 cm³/mol. The highest BCUT2D eigenvalue weighted by molar-refractivity contribution is 8.00. The number of rotatable bonds is 3. The summed E-state index contributed by atoms with van der Waals surface area (Å²) in [7, 11) is 0. The number of carbonyl (C=O) groups is 2. The van der Waals surface area contributed by atoms with Crippen molar-refractivity contribution in [1.82, 2.24) is 4.90 Å². The number of hydrogen-bond acceptors (Lipinski definition) is 3. The molecule has 1 fully saturated rings. The first-order valence-corrected chi connectivity index (χ1v) is 7.61. The summed E-state index contributed by atoms with van der Waals surface area (Å²) in [5, 5.41) is 8.61. The van der Waals surface area contributed by atoms with Gasteiger partial charge in [-0.05, 0) is 18.6 Å². The van der Waals surface area contributed by atoms with Crippen molar-refractivity contribution < 1.29 is 23.5 Å². The molecular weight excluding hydrogens is 324 g/mol. The lowest BCUT2D eigenvalue weighted by molar-refractivity contribution is -0.141. The molecule has 1 heterocycles. The van der Waals surface area contributed by atoms with Gasteiger partial charge in [0.25, 0.3) is 5.91 Å². The molecule has 1 aromatic rings. The summed E-state index contributed by atoms with van der Waals surface area (Å²) in [6, 6.07) is 0.412. The molecule has 0 saturated carbocycles. The lowest BCUT2D eigenvalue weighted by atomic mass is 10.1. The van der Waals surface area contributed by atoms with Crippen LogP contribution < -0.4 is 0 Å². The van der Waals surface area contributed by atoms with E-state index >= 15 is 0 Å². The number of hydrogen-bond donors (Lipinski definition) is 1. The van der Waals surface area contributed by atoms with Crippen LogP contribution in [0.25, 0.3) is 0 Å². The number of benzene rings is 1. The standard InChI is InChI=1S/C13H12ClF2NO3S/c1-2-11-17(10(5-21-11)13(19)20)12(18)6-3-8(15)9(16)4-7(6)14/h3-4,10-11H,2,5H2,1H3,(H,19,20). The predicted octanol–water partition coefficient (Wildman–Crippen LogP) is 3.00.